The van der Waals surface area contributed by atoms with Crippen molar-refractivity contribution in [2.45, 2.75) is 19.8 Å². The number of hydrogen-bond donors (Lipinski definition) is 1. The molecule has 1 nitrogen and oxygen atoms in total. The van der Waals surface area contributed by atoms with E-state index in [0.717, 1.165) is 11.6 Å². The lowest BCUT2D eigenvalue weighted by atomic mass is 10.1. The average Bonchev–Trinajstić information content (AvgIpc) is 2.41. The first-order valence-corrected chi connectivity index (χ1v) is 5.77. The molecule has 0 unspecified atom stereocenters. The Morgan fingerprint density at radius 1 is 1.62 bits per heavy atom. The van der Waals surface area contributed by atoms with E-state index in [1.807, 2.05) is 5.38 Å². The Morgan fingerprint density at radius 2 is 2.31 bits per heavy atom. The Balaban J connectivity index is 2.21. The van der Waals surface area contributed by atoms with Gasteiger partial charge in [-0.15, -0.1) is 11.3 Å². The van der Waals surface area contributed by atoms with E-state index in [2.05, 4.69) is 19.9 Å². The maximum atomic E-state index is 5.90. The summed E-state index contributed by atoms with van der Waals surface area (Å²) >= 11 is 7.65. The smallest absolute Gasteiger partial charge is 0.0515 e. The van der Waals surface area contributed by atoms with Gasteiger partial charge in [0.05, 0.1) is 5.02 Å². The first-order chi connectivity index (χ1) is 6.07. The SMILES string of the molecule is CC1(C)[C@H](CN)[C@H]1c1cc(Cl)cs1. The third kappa shape index (κ3) is 1.41. The van der Waals surface area contributed by atoms with Gasteiger partial charge in [-0.1, -0.05) is 25.4 Å². The summed E-state index contributed by atoms with van der Waals surface area (Å²) in [5, 5.41) is 2.86. The van der Waals surface area contributed by atoms with Crippen molar-refractivity contribution in [3.8, 4) is 0 Å². The standard InChI is InChI=1S/C10H14ClNS/c1-10(2)7(4-12)9(10)8-3-6(11)5-13-8/h3,5,7,9H,4,12H2,1-2H3/t7-,9+/m1/s1. The molecule has 0 spiro atoms. The molecule has 3 heteroatoms. The minimum atomic E-state index is 0.378. The van der Waals surface area contributed by atoms with E-state index in [0.29, 0.717) is 17.3 Å². The van der Waals surface area contributed by atoms with Crippen LogP contribution >= 0.6 is 22.9 Å². The summed E-state index contributed by atoms with van der Waals surface area (Å²) in [7, 11) is 0. The molecule has 2 rings (SSSR count). The van der Waals surface area contributed by atoms with Crippen LogP contribution in [0.3, 0.4) is 0 Å². The van der Waals surface area contributed by atoms with Gasteiger partial charge in [-0.25, -0.2) is 0 Å². The van der Waals surface area contributed by atoms with E-state index in [-0.39, 0.29) is 0 Å². The van der Waals surface area contributed by atoms with Crippen LogP contribution in [0.4, 0.5) is 0 Å². The van der Waals surface area contributed by atoms with Crippen molar-refractivity contribution in [3.63, 3.8) is 0 Å². The molecular formula is C10H14ClNS. The Morgan fingerprint density at radius 3 is 2.69 bits per heavy atom. The second-order valence-electron chi connectivity index (χ2n) is 4.31. The molecule has 1 aromatic heterocycles. The number of hydrogen-bond acceptors (Lipinski definition) is 2. The lowest BCUT2D eigenvalue weighted by Crippen LogP contribution is -2.05. The molecule has 0 bridgehead atoms. The van der Waals surface area contributed by atoms with Crippen molar-refractivity contribution in [1.29, 1.82) is 0 Å². The van der Waals surface area contributed by atoms with Gasteiger partial charge in [0.1, 0.15) is 0 Å². The summed E-state index contributed by atoms with van der Waals surface area (Å²) in [6, 6.07) is 2.08. The van der Waals surface area contributed by atoms with Crippen LogP contribution in [0.5, 0.6) is 0 Å². The molecule has 2 N–H and O–H groups in total. The summed E-state index contributed by atoms with van der Waals surface area (Å²) in [4.78, 5) is 1.39. The quantitative estimate of drug-likeness (QED) is 0.806. The van der Waals surface area contributed by atoms with Crippen molar-refractivity contribution >= 4 is 22.9 Å². The Hall–Kier alpha value is -0.0500. The van der Waals surface area contributed by atoms with Gasteiger partial charge in [-0.05, 0) is 23.9 Å². The molecule has 1 saturated carbocycles. The van der Waals surface area contributed by atoms with E-state index in [1.165, 1.54) is 4.88 Å². The highest BCUT2D eigenvalue weighted by Crippen LogP contribution is 2.64. The molecule has 0 aromatic carbocycles. The van der Waals surface area contributed by atoms with Gasteiger partial charge < -0.3 is 5.73 Å². The van der Waals surface area contributed by atoms with Crippen molar-refractivity contribution in [3.05, 3.63) is 21.3 Å². The molecular weight excluding hydrogens is 202 g/mol. The molecule has 0 aliphatic heterocycles. The van der Waals surface area contributed by atoms with Gasteiger partial charge in [0, 0.05) is 16.2 Å². The molecule has 0 amide bonds. The largest absolute Gasteiger partial charge is 0.330 e. The monoisotopic (exact) mass is 215 g/mol. The number of rotatable bonds is 2. The first-order valence-electron chi connectivity index (χ1n) is 4.51. The van der Waals surface area contributed by atoms with Crippen LogP contribution in [0, 0.1) is 11.3 Å². The van der Waals surface area contributed by atoms with Crippen LogP contribution < -0.4 is 5.73 Å². The predicted octanol–water partition coefficient (Wildman–Crippen LogP) is 3.10. The number of halogens is 1. The molecule has 0 radical (unpaired) electrons. The van der Waals surface area contributed by atoms with Crippen LogP contribution in [0.25, 0.3) is 0 Å². The van der Waals surface area contributed by atoms with E-state index in [1.54, 1.807) is 11.3 Å². The summed E-state index contributed by atoms with van der Waals surface area (Å²) < 4.78 is 0. The Labute approximate surface area is 87.9 Å². The predicted molar refractivity (Wildman–Crippen MR) is 58.4 cm³/mol. The van der Waals surface area contributed by atoms with E-state index in [9.17, 15) is 0 Å². The third-order valence-electron chi connectivity index (χ3n) is 3.20. The Kier molecular flexibility index (Phi) is 2.17. The van der Waals surface area contributed by atoms with Crippen molar-refractivity contribution in [2.75, 3.05) is 6.54 Å². The topological polar surface area (TPSA) is 26.0 Å². The van der Waals surface area contributed by atoms with Gasteiger partial charge >= 0.3 is 0 Å². The zero-order chi connectivity index (χ0) is 9.64. The zero-order valence-electron chi connectivity index (χ0n) is 7.88. The van der Waals surface area contributed by atoms with Gasteiger partial charge in [-0.3, -0.25) is 0 Å². The third-order valence-corrected chi connectivity index (χ3v) is 4.56. The molecule has 0 saturated heterocycles. The van der Waals surface area contributed by atoms with Gasteiger partial charge in [0.25, 0.3) is 0 Å². The minimum Gasteiger partial charge on any atom is -0.330 e. The van der Waals surface area contributed by atoms with Crippen molar-refractivity contribution in [1.82, 2.24) is 0 Å². The molecule has 2 atom stereocenters. The molecule has 13 heavy (non-hydrogen) atoms. The molecule has 1 heterocycles. The zero-order valence-corrected chi connectivity index (χ0v) is 9.45. The van der Waals surface area contributed by atoms with Gasteiger partial charge in [0.15, 0.2) is 0 Å². The number of thiophene rings is 1. The van der Waals surface area contributed by atoms with E-state index in [4.69, 9.17) is 17.3 Å². The molecule has 1 aromatic rings. The lowest BCUT2D eigenvalue weighted by molar-refractivity contribution is 0.559. The van der Waals surface area contributed by atoms with Crippen molar-refractivity contribution < 1.29 is 0 Å². The molecule has 1 aliphatic rings. The highest BCUT2D eigenvalue weighted by Gasteiger charge is 2.57. The van der Waals surface area contributed by atoms with Crippen LogP contribution in [-0.2, 0) is 0 Å². The summed E-state index contributed by atoms with van der Waals surface area (Å²) in [5.41, 5.74) is 6.09. The molecule has 1 fully saturated rings. The number of nitrogens with two attached hydrogens (primary N) is 1. The van der Waals surface area contributed by atoms with Gasteiger partial charge in [0.2, 0.25) is 0 Å². The normalized spacial score (nSPS) is 30.5. The first kappa shape index (κ1) is 9.50. The second kappa shape index (κ2) is 2.97. The fourth-order valence-corrected chi connectivity index (χ4v) is 3.68. The molecule has 1 aliphatic carbocycles. The lowest BCUT2D eigenvalue weighted by Gasteiger charge is -1.98. The highest BCUT2D eigenvalue weighted by atomic mass is 35.5. The van der Waals surface area contributed by atoms with E-state index < -0.39 is 0 Å². The summed E-state index contributed by atoms with van der Waals surface area (Å²) in [6.45, 7) is 5.35. The Bertz CT molecular complexity index is 318. The summed E-state index contributed by atoms with van der Waals surface area (Å²) in [5.74, 6) is 1.28. The van der Waals surface area contributed by atoms with Gasteiger partial charge in [-0.2, -0.15) is 0 Å². The molecule has 72 valence electrons. The van der Waals surface area contributed by atoms with Crippen LogP contribution in [0.15, 0.2) is 11.4 Å². The van der Waals surface area contributed by atoms with Crippen molar-refractivity contribution in [2.24, 2.45) is 17.1 Å². The minimum absolute atomic E-state index is 0.378. The van der Waals surface area contributed by atoms with Crippen LogP contribution in [0.1, 0.15) is 24.6 Å². The maximum absolute atomic E-state index is 5.90. The fourth-order valence-electron chi connectivity index (χ4n) is 2.24. The summed E-state index contributed by atoms with van der Waals surface area (Å²) in [6.07, 6.45) is 0. The average molecular weight is 216 g/mol. The highest BCUT2D eigenvalue weighted by molar-refractivity contribution is 7.10. The fraction of sp³-hybridized carbons (Fsp3) is 0.600. The second-order valence-corrected chi connectivity index (χ2v) is 5.69. The van der Waals surface area contributed by atoms with Crippen LogP contribution in [-0.4, -0.2) is 6.54 Å². The maximum Gasteiger partial charge on any atom is 0.0515 e. The van der Waals surface area contributed by atoms with E-state index >= 15 is 0 Å². The van der Waals surface area contributed by atoms with Crippen LogP contribution in [0.2, 0.25) is 5.02 Å².